The second-order valence-corrected chi connectivity index (χ2v) is 6.21. The molecule has 1 aromatic carbocycles. The van der Waals surface area contributed by atoms with Crippen molar-refractivity contribution in [3.05, 3.63) is 36.2 Å². The summed E-state index contributed by atoms with van der Waals surface area (Å²) in [5.74, 6) is 0.661. The third-order valence-electron chi connectivity index (χ3n) is 2.82. The van der Waals surface area contributed by atoms with Crippen molar-refractivity contribution in [1.29, 1.82) is 0 Å². The van der Waals surface area contributed by atoms with E-state index in [1.165, 1.54) is 37.4 Å². The molecule has 1 heterocycles. The Labute approximate surface area is 134 Å². The molecule has 1 aromatic heterocycles. The van der Waals surface area contributed by atoms with Crippen LogP contribution in [-0.4, -0.2) is 32.1 Å². The average Bonchev–Trinajstić information content (AvgIpc) is 2.52. The molecule has 124 valence electrons. The van der Waals surface area contributed by atoms with E-state index < -0.39 is 10.0 Å². The summed E-state index contributed by atoms with van der Waals surface area (Å²) in [6, 6.07) is 7.24. The quantitative estimate of drug-likeness (QED) is 0.733. The third kappa shape index (κ3) is 4.54. The summed E-state index contributed by atoms with van der Waals surface area (Å²) in [4.78, 5) is 8.29. The van der Waals surface area contributed by atoms with Crippen LogP contribution in [-0.2, 0) is 21.4 Å². The zero-order chi connectivity index (χ0) is 16.9. The zero-order valence-corrected chi connectivity index (χ0v) is 13.6. The van der Waals surface area contributed by atoms with Crippen LogP contribution in [0.3, 0.4) is 0 Å². The fourth-order valence-corrected chi connectivity index (χ4v) is 2.72. The molecule has 0 saturated carbocycles. The molecule has 9 heteroatoms. The smallest absolute Gasteiger partial charge is 0.263 e. The van der Waals surface area contributed by atoms with E-state index in [0.29, 0.717) is 18.1 Å². The third-order valence-corrected chi connectivity index (χ3v) is 4.19. The normalized spacial score (nSPS) is 11.2. The van der Waals surface area contributed by atoms with Crippen molar-refractivity contribution in [2.24, 2.45) is 0 Å². The van der Waals surface area contributed by atoms with E-state index in [2.05, 4.69) is 14.7 Å². The Morgan fingerprint density at radius 1 is 1.22 bits per heavy atom. The van der Waals surface area contributed by atoms with Crippen molar-refractivity contribution in [3.8, 4) is 5.88 Å². The molecule has 0 spiro atoms. The highest BCUT2D eigenvalue weighted by Gasteiger charge is 2.16. The number of nitrogens with one attached hydrogen (secondary N) is 1. The topological polar surface area (TPSA) is 116 Å². The predicted octanol–water partition coefficient (Wildman–Crippen LogP) is 1.40. The number of anilines is 2. The van der Waals surface area contributed by atoms with Crippen molar-refractivity contribution in [3.63, 3.8) is 0 Å². The number of ether oxygens (including phenoxy) is 2. The van der Waals surface area contributed by atoms with E-state index in [0.717, 1.165) is 0 Å². The van der Waals surface area contributed by atoms with Gasteiger partial charge in [-0.3, -0.25) is 4.72 Å². The molecule has 2 aromatic rings. The lowest BCUT2D eigenvalue weighted by molar-refractivity contribution is 0.127. The lowest BCUT2D eigenvalue weighted by Gasteiger charge is -2.10. The number of nitrogens with zero attached hydrogens (tertiary/aromatic N) is 2. The van der Waals surface area contributed by atoms with Crippen LogP contribution in [0.2, 0.25) is 0 Å². The molecule has 0 bridgehead atoms. The molecular formula is C14H18N4O4S. The SMILES string of the molecule is CCOCc1nc(NS(=O)(=O)c2ccc(N)cc2)cc(OC)n1. The highest BCUT2D eigenvalue weighted by Crippen LogP contribution is 2.19. The number of aromatic nitrogens is 2. The van der Waals surface area contributed by atoms with E-state index in [4.69, 9.17) is 15.2 Å². The van der Waals surface area contributed by atoms with Gasteiger partial charge in [-0.2, -0.15) is 4.98 Å². The van der Waals surface area contributed by atoms with Crippen molar-refractivity contribution in [1.82, 2.24) is 9.97 Å². The minimum Gasteiger partial charge on any atom is -0.481 e. The maximum atomic E-state index is 12.4. The molecule has 0 radical (unpaired) electrons. The van der Waals surface area contributed by atoms with Crippen LogP contribution in [0.1, 0.15) is 12.7 Å². The summed E-state index contributed by atoms with van der Waals surface area (Å²) in [5, 5.41) is 0. The summed E-state index contributed by atoms with van der Waals surface area (Å²) in [5.41, 5.74) is 6.04. The number of nitrogens with two attached hydrogens (primary N) is 1. The van der Waals surface area contributed by atoms with Crippen LogP contribution in [0.5, 0.6) is 5.88 Å². The van der Waals surface area contributed by atoms with Gasteiger partial charge in [-0.05, 0) is 31.2 Å². The maximum Gasteiger partial charge on any atom is 0.263 e. The standard InChI is InChI=1S/C14H18N4O4S/c1-3-22-9-13-16-12(8-14(17-13)21-2)18-23(19,20)11-6-4-10(15)5-7-11/h4-8H,3,9,15H2,1-2H3,(H,16,17,18). The van der Waals surface area contributed by atoms with Gasteiger partial charge in [0.05, 0.1) is 12.0 Å². The van der Waals surface area contributed by atoms with Crippen LogP contribution < -0.4 is 15.2 Å². The van der Waals surface area contributed by atoms with Gasteiger partial charge in [0, 0.05) is 18.4 Å². The average molecular weight is 338 g/mol. The first-order valence-electron chi connectivity index (χ1n) is 6.82. The van der Waals surface area contributed by atoms with Gasteiger partial charge in [0.15, 0.2) is 5.82 Å². The largest absolute Gasteiger partial charge is 0.481 e. The van der Waals surface area contributed by atoms with E-state index in [9.17, 15) is 8.42 Å². The van der Waals surface area contributed by atoms with E-state index in [1.54, 1.807) is 0 Å². The summed E-state index contributed by atoms with van der Waals surface area (Å²) in [7, 11) is -2.35. The first-order chi connectivity index (χ1) is 10.9. The number of hydrogen-bond acceptors (Lipinski definition) is 7. The minimum absolute atomic E-state index is 0.0793. The number of hydrogen-bond donors (Lipinski definition) is 2. The molecule has 0 aliphatic carbocycles. The number of nitrogen functional groups attached to an aromatic ring is 1. The van der Waals surface area contributed by atoms with Crippen LogP contribution in [0.15, 0.2) is 35.2 Å². The van der Waals surface area contributed by atoms with Gasteiger partial charge in [-0.15, -0.1) is 0 Å². The number of benzene rings is 1. The molecule has 0 aliphatic rings. The second-order valence-electron chi connectivity index (χ2n) is 4.52. The van der Waals surface area contributed by atoms with E-state index >= 15 is 0 Å². The highest BCUT2D eigenvalue weighted by molar-refractivity contribution is 7.92. The van der Waals surface area contributed by atoms with Crippen LogP contribution in [0.25, 0.3) is 0 Å². The van der Waals surface area contributed by atoms with Crippen molar-refractivity contribution < 1.29 is 17.9 Å². The van der Waals surface area contributed by atoms with Gasteiger partial charge in [0.1, 0.15) is 12.4 Å². The molecule has 2 rings (SSSR count). The molecule has 8 nitrogen and oxygen atoms in total. The molecule has 0 saturated heterocycles. The van der Waals surface area contributed by atoms with E-state index in [1.807, 2.05) is 6.92 Å². The Kier molecular flexibility index (Phi) is 5.35. The molecule has 0 fully saturated rings. The summed E-state index contributed by atoms with van der Waals surface area (Å²) in [6.07, 6.45) is 0. The van der Waals surface area contributed by atoms with Gasteiger partial charge in [-0.25, -0.2) is 13.4 Å². The van der Waals surface area contributed by atoms with Crippen LogP contribution in [0, 0.1) is 0 Å². The van der Waals surface area contributed by atoms with Gasteiger partial charge >= 0.3 is 0 Å². The molecule has 3 N–H and O–H groups in total. The summed E-state index contributed by atoms with van der Waals surface area (Å²) in [6.45, 7) is 2.49. The molecule has 0 atom stereocenters. The van der Waals surface area contributed by atoms with Gasteiger partial charge in [0.2, 0.25) is 5.88 Å². The van der Waals surface area contributed by atoms with Crippen molar-refractivity contribution in [2.45, 2.75) is 18.4 Å². The molecule has 23 heavy (non-hydrogen) atoms. The Bertz CT molecular complexity index is 763. The molecule has 0 unspecified atom stereocenters. The number of sulfonamides is 1. The fourth-order valence-electron chi connectivity index (χ4n) is 1.73. The molecule has 0 aliphatic heterocycles. The first kappa shape index (κ1) is 17.0. The minimum atomic E-state index is -3.78. The monoisotopic (exact) mass is 338 g/mol. The van der Waals surface area contributed by atoms with Gasteiger partial charge in [0.25, 0.3) is 10.0 Å². The van der Waals surface area contributed by atoms with Crippen LogP contribution >= 0.6 is 0 Å². The fraction of sp³-hybridized carbons (Fsp3) is 0.286. The molecular weight excluding hydrogens is 320 g/mol. The Morgan fingerprint density at radius 3 is 2.52 bits per heavy atom. The van der Waals surface area contributed by atoms with Crippen molar-refractivity contribution in [2.75, 3.05) is 24.2 Å². The van der Waals surface area contributed by atoms with Gasteiger partial charge < -0.3 is 15.2 Å². The number of rotatable bonds is 7. The van der Waals surface area contributed by atoms with Crippen molar-refractivity contribution >= 4 is 21.5 Å². The molecule has 0 amide bonds. The lowest BCUT2D eigenvalue weighted by atomic mass is 10.3. The summed E-state index contributed by atoms with van der Waals surface area (Å²) < 4.78 is 37.4. The Balaban J connectivity index is 2.28. The van der Waals surface area contributed by atoms with Crippen LogP contribution in [0.4, 0.5) is 11.5 Å². The Hall–Kier alpha value is -2.39. The van der Waals surface area contributed by atoms with E-state index in [-0.39, 0.29) is 23.2 Å². The predicted molar refractivity (Wildman–Crippen MR) is 85.6 cm³/mol. The second kappa shape index (κ2) is 7.25. The lowest BCUT2D eigenvalue weighted by Crippen LogP contribution is -2.15. The first-order valence-corrected chi connectivity index (χ1v) is 8.31. The highest BCUT2D eigenvalue weighted by atomic mass is 32.2. The van der Waals surface area contributed by atoms with Gasteiger partial charge in [-0.1, -0.05) is 0 Å². The summed E-state index contributed by atoms with van der Waals surface area (Å²) >= 11 is 0. The number of methoxy groups -OCH3 is 1. The zero-order valence-electron chi connectivity index (χ0n) is 12.8. The Morgan fingerprint density at radius 2 is 1.91 bits per heavy atom. The maximum absolute atomic E-state index is 12.4.